The number of aromatic nitrogens is 2. The van der Waals surface area contributed by atoms with Crippen LogP contribution in [0.4, 0.5) is 5.82 Å². The summed E-state index contributed by atoms with van der Waals surface area (Å²) in [5, 5.41) is 2.86. The Morgan fingerprint density at radius 2 is 2.30 bits per heavy atom. The minimum absolute atomic E-state index is 0.101. The number of aryl methyl sites for hydroxylation is 1. The van der Waals surface area contributed by atoms with Gasteiger partial charge in [0.15, 0.2) is 0 Å². The fourth-order valence-electron chi connectivity index (χ4n) is 2.36. The zero-order chi connectivity index (χ0) is 14.1. The van der Waals surface area contributed by atoms with Crippen molar-refractivity contribution in [3.05, 3.63) is 46.3 Å². The highest BCUT2D eigenvalue weighted by molar-refractivity contribution is 9.10. The van der Waals surface area contributed by atoms with Crippen molar-refractivity contribution in [3.63, 3.8) is 0 Å². The molecule has 0 saturated heterocycles. The molecule has 0 atom stereocenters. The van der Waals surface area contributed by atoms with Crippen LogP contribution in [0, 0.1) is 6.92 Å². The maximum absolute atomic E-state index is 12.4. The highest BCUT2D eigenvalue weighted by atomic mass is 79.9. The molecule has 1 aliphatic carbocycles. The summed E-state index contributed by atoms with van der Waals surface area (Å²) in [5.74, 6) is 0.480. The van der Waals surface area contributed by atoms with Crippen molar-refractivity contribution in [3.8, 4) is 0 Å². The number of halogens is 1. The van der Waals surface area contributed by atoms with Crippen LogP contribution in [0.3, 0.4) is 0 Å². The number of amides is 1. The molecule has 5 heteroatoms. The fourth-order valence-corrected chi connectivity index (χ4v) is 2.57. The molecule has 0 unspecified atom stereocenters. The molecule has 0 radical (unpaired) electrons. The van der Waals surface area contributed by atoms with Gasteiger partial charge in [0.05, 0.1) is 0 Å². The molecule has 1 N–H and O–H groups in total. The minimum Gasteiger partial charge on any atom is -0.340 e. The minimum atomic E-state index is -0.101. The third-order valence-corrected chi connectivity index (χ3v) is 4.60. The molecule has 2 aromatic rings. The summed E-state index contributed by atoms with van der Waals surface area (Å²) >= 11 is 3.40. The van der Waals surface area contributed by atoms with Gasteiger partial charge >= 0.3 is 0 Å². The van der Waals surface area contributed by atoms with Crippen molar-refractivity contribution >= 4 is 27.7 Å². The standard InChI is InChI=1S/C15H16BrN3O/c1-10-8-14(17-9-12(10)16)18-15(20)13-6-3-7-19(13)11-4-2-5-11/h3,6-9,11H,2,4-5H2,1H3,(H,17,18,20). The van der Waals surface area contributed by atoms with Gasteiger partial charge in [0, 0.05) is 22.9 Å². The van der Waals surface area contributed by atoms with Crippen LogP contribution in [-0.2, 0) is 0 Å². The first-order valence-corrected chi connectivity index (χ1v) is 7.55. The average Bonchev–Trinajstić information content (AvgIpc) is 2.81. The van der Waals surface area contributed by atoms with Crippen LogP contribution in [0.25, 0.3) is 0 Å². The Morgan fingerprint density at radius 3 is 2.95 bits per heavy atom. The van der Waals surface area contributed by atoms with Gasteiger partial charge in [0.2, 0.25) is 0 Å². The molecule has 1 saturated carbocycles. The van der Waals surface area contributed by atoms with Crippen LogP contribution >= 0.6 is 15.9 Å². The number of nitrogens with zero attached hydrogens (tertiary/aromatic N) is 2. The van der Waals surface area contributed by atoms with Crippen LogP contribution in [-0.4, -0.2) is 15.5 Å². The largest absolute Gasteiger partial charge is 0.340 e. The predicted molar refractivity (Wildman–Crippen MR) is 81.9 cm³/mol. The van der Waals surface area contributed by atoms with Crippen molar-refractivity contribution in [2.45, 2.75) is 32.2 Å². The molecule has 0 spiro atoms. The lowest BCUT2D eigenvalue weighted by atomic mass is 9.93. The third kappa shape index (κ3) is 2.50. The van der Waals surface area contributed by atoms with Crippen LogP contribution in [0.1, 0.15) is 41.4 Å². The predicted octanol–water partition coefficient (Wildman–Crippen LogP) is 3.93. The SMILES string of the molecule is Cc1cc(NC(=O)c2cccn2C2CCC2)ncc1Br. The molecule has 104 valence electrons. The van der Waals surface area contributed by atoms with E-state index >= 15 is 0 Å². The van der Waals surface area contributed by atoms with E-state index < -0.39 is 0 Å². The molecule has 0 aromatic carbocycles. The number of carbonyl (C=O) groups is 1. The second kappa shape index (κ2) is 5.40. The van der Waals surface area contributed by atoms with Gasteiger partial charge in [0.1, 0.15) is 11.5 Å². The molecule has 1 amide bonds. The van der Waals surface area contributed by atoms with E-state index in [-0.39, 0.29) is 5.91 Å². The number of carbonyl (C=O) groups excluding carboxylic acids is 1. The number of nitrogens with one attached hydrogen (secondary N) is 1. The number of hydrogen-bond acceptors (Lipinski definition) is 2. The summed E-state index contributed by atoms with van der Waals surface area (Å²) in [6, 6.07) is 6.12. The zero-order valence-corrected chi connectivity index (χ0v) is 12.9. The molecule has 2 heterocycles. The fraction of sp³-hybridized carbons (Fsp3) is 0.333. The lowest BCUT2D eigenvalue weighted by Crippen LogP contribution is -2.23. The summed E-state index contributed by atoms with van der Waals surface area (Å²) in [6.07, 6.45) is 7.25. The molecule has 1 fully saturated rings. The van der Waals surface area contributed by atoms with Gasteiger partial charge in [-0.05, 0) is 65.9 Å². The summed E-state index contributed by atoms with van der Waals surface area (Å²) in [5.41, 5.74) is 1.75. The Bertz CT molecular complexity index is 646. The smallest absolute Gasteiger partial charge is 0.273 e. The molecular weight excluding hydrogens is 318 g/mol. The van der Waals surface area contributed by atoms with Crippen LogP contribution in [0.15, 0.2) is 35.1 Å². The highest BCUT2D eigenvalue weighted by Crippen LogP contribution is 2.32. The first kappa shape index (κ1) is 13.4. The highest BCUT2D eigenvalue weighted by Gasteiger charge is 2.23. The summed E-state index contributed by atoms with van der Waals surface area (Å²) in [4.78, 5) is 16.6. The molecule has 1 aliphatic rings. The van der Waals surface area contributed by atoms with Crippen LogP contribution < -0.4 is 5.32 Å². The Balaban J connectivity index is 1.79. The first-order valence-electron chi connectivity index (χ1n) is 6.75. The number of anilines is 1. The maximum atomic E-state index is 12.4. The zero-order valence-electron chi connectivity index (χ0n) is 11.3. The summed E-state index contributed by atoms with van der Waals surface area (Å²) < 4.78 is 3.01. The molecule has 0 aliphatic heterocycles. The molecule has 3 rings (SSSR count). The van der Waals surface area contributed by atoms with Crippen LogP contribution in [0.5, 0.6) is 0 Å². The van der Waals surface area contributed by atoms with Crippen molar-refractivity contribution in [1.29, 1.82) is 0 Å². The monoisotopic (exact) mass is 333 g/mol. The van der Waals surface area contributed by atoms with E-state index in [9.17, 15) is 4.79 Å². The Kier molecular flexibility index (Phi) is 3.61. The lowest BCUT2D eigenvalue weighted by Gasteiger charge is -2.28. The van der Waals surface area contributed by atoms with Crippen molar-refractivity contribution in [2.24, 2.45) is 0 Å². The number of hydrogen-bond donors (Lipinski definition) is 1. The average molecular weight is 334 g/mol. The van der Waals surface area contributed by atoms with Gasteiger partial charge in [0.25, 0.3) is 5.91 Å². The van der Waals surface area contributed by atoms with E-state index in [4.69, 9.17) is 0 Å². The third-order valence-electron chi connectivity index (χ3n) is 3.77. The topological polar surface area (TPSA) is 46.9 Å². The number of rotatable bonds is 3. The van der Waals surface area contributed by atoms with Gasteiger partial charge < -0.3 is 9.88 Å². The number of pyridine rings is 1. The molecule has 2 aromatic heterocycles. The van der Waals surface area contributed by atoms with Gasteiger partial charge in [-0.1, -0.05) is 0 Å². The van der Waals surface area contributed by atoms with Gasteiger partial charge in [-0.25, -0.2) is 4.98 Å². The van der Waals surface area contributed by atoms with E-state index in [1.165, 1.54) is 6.42 Å². The van der Waals surface area contributed by atoms with Crippen LogP contribution in [0.2, 0.25) is 0 Å². The maximum Gasteiger partial charge on any atom is 0.273 e. The second-order valence-electron chi connectivity index (χ2n) is 5.16. The first-order chi connectivity index (χ1) is 9.65. The van der Waals surface area contributed by atoms with Crippen molar-refractivity contribution in [1.82, 2.24) is 9.55 Å². The van der Waals surface area contributed by atoms with E-state index in [0.717, 1.165) is 22.9 Å². The van der Waals surface area contributed by atoms with E-state index in [1.807, 2.05) is 31.3 Å². The summed E-state index contributed by atoms with van der Waals surface area (Å²) in [7, 11) is 0. The lowest BCUT2D eigenvalue weighted by molar-refractivity contribution is 0.101. The molecule has 0 bridgehead atoms. The van der Waals surface area contributed by atoms with E-state index in [0.29, 0.717) is 17.6 Å². The van der Waals surface area contributed by atoms with Crippen molar-refractivity contribution in [2.75, 3.05) is 5.32 Å². The molecule has 20 heavy (non-hydrogen) atoms. The summed E-state index contributed by atoms with van der Waals surface area (Å²) in [6.45, 7) is 1.97. The quantitative estimate of drug-likeness (QED) is 0.924. The Labute approximate surface area is 126 Å². The van der Waals surface area contributed by atoms with E-state index in [2.05, 4.69) is 30.8 Å². The Morgan fingerprint density at radius 1 is 1.50 bits per heavy atom. The van der Waals surface area contributed by atoms with Crippen molar-refractivity contribution < 1.29 is 4.79 Å². The Hall–Kier alpha value is -1.62. The van der Waals surface area contributed by atoms with E-state index in [1.54, 1.807) is 6.20 Å². The second-order valence-corrected chi connectivity index (χ2v) is 6.01. The molecular formula is C15H16BrN3O. The van der Waals surface area contributed by atoms with Gasteiger partial charge in [-0.15, -0.1) is 0 Å². The molecule has 4 nitrogen and oxygen atoms in total. The van der Waals surface area contributed by atoms with Gasteiger partial charge in [-0.3, -0.25) is 4.79 Å². The van der Waals surface area contributed by atoms with Gasteiger partial charge in [-0.2, -0.15) is 0 Å². The normalized spacial score (nSPS) is 14.9.